The maximum Gasteiger partial charge on any atom is 0.320 e. The van der Waals surface area contributed by atoms with Crippen molar-refractivity contribution in [1.29, 1.82) is 5.26 Å². The summed E-state index contributed by atoms with van der Waals surface area (Å²) >= 11 is 0. The molecule has 0 aliphatic rings. The number of rotatable bonds is 0. The van der Waals surface area contributed by atoms with E-state index in [0.29, 0.717) is 0 Å². The van der Waals surface area contributed by atoms with Gasteiger partial charge >= 0.3 is 12.1 Å². The minimum absolute atomic E-state index is 0.743. The van der Waals surface area contributed by atoms with Crippen molar-refractivity contribution in [3.63, 3.8) is 0 Å². The van der Waals surface area contributed by atoms with Gasteiger partial charge in [0.1, 0.15) is 0 Å². The van der Waals surface area contributed by atoms with Gasteiger partial charge in [0.2, 0.25) is 0 Å². The molecule has 5 aromatic rings. The number of primary amides is 2. The van der Waals surface area contributed by atoms with Crippen molar-refractivity contribution >= 4 is 55.2 Å². The molecule has 0 aliphatic carbocycles. The number of carbonyl (C=O) groups excluding carboxylic acids is 2. The van der Waals surface area contributed by atoms with Crippen LogP contribution in [0.4, 0.5) is 9.59 Å². The van der Waals surface area contributed by atoms with Gasteiger partial charge in [0.05, 0.1) is 11.6 Å². The molecule has 0 aliphatic heterocycles. The second-order valence-electron chi connectivity index (χ2n) is 6.56. The van der Waals surface area contributed by atoms with E-state index < -0.39 is 12.1 Å². The Labute approximate surface area is 165 Å². The highest BCUT2D eigenvalue weighted by atomic mass is 16.2. The molecule has 0 aromatic heterocycles. The Morgan fingerprint density at radius 1 is 0.690 bits per heavy atom. The highest BCUT2D eigenvalue weighted by Crippen LogP contribution is 2.40. The lowest BCUT2D eigenvalue weighted by atomic mass is 9.89. The van der Waals surface area contributed by atoms with E-state index in [0.717, 1.165) is 10.9 Å². The first-order valence-electron chi connectivity index (χ1n) is 8.85. The van der Waals surface area contributed by atoms with Crippen LogP contribution in [-0.2, 0) is 0 Å². The van der Waals surface area contributed by atoms with Crippen LogP contribution in [0.3, 0.4) is 0 Å². The Morgan fingerprint density at radius 2 is 1.17 bits per heavy atom. The van der Waals surface area contributed by atoms with Crippen LogP contribution in [0.15, 0.2) is 66.7 Å². The predicted molar refractivity (Wildman–Crippen MR) is 115 cm³/mol. The van der Waals surface area contributed by atoms with Crippen LogP contribution in [0.1, 0.15) is 5.56 Å². The lowest BCUT2D eigenvalue weighted by Gasteiger charge is -2.14. The van der Waals surface area contributed by atoms with Gasteiger partial charge in [-0.25, -0.2) is 9.59 Å². The number of hydrogen-bond acceptors (Lipinski definition) is 3. The third-order valence-electron chi connectivity index (χ3n) is 4.89. The fourth-order valence-corrected chi connectivity index (χ4v) is 3.86. The third-order valence-corrected chi connectivity index (χ3v) is 4.89. The number of nitrogens with one attached hydrogen (secondary N) is 1. The summed E-state index contributed by atoms with van der Waals surface area (Å²) in [4.78, 5) is 19.2. The van der Waals surface area contributed by atoms with Gasteiger partial charge in [-0.2, -0.15) is 5.26 Å². The fourth-order valence-electron chi connectivity index (χ4n) is 3.86. The zero-order valence-electron chi connectivity index (χ0n) is 15.3. The molecule has 0 bridgehead atoms. The summed E-state index contributed by atoms with van der Waals surface area (Å²) in [6.45, 7) is 0. The van der Waals surface area contributed by atoms with Crippen molar-refractivity contribution in [3.05, 3.63) is 72.3 Å². The number of hydrogen-bond donors (Lipinski definition) is 3. The summed E-state index contributed by atoms with van der Waals surface area (Å²) in [7, 11) is 0. The van der Waals surface area contributed by atoms with Gasteiger partial charge in [-0.15, -0.1) is 0 Å². The lowest BCUT2D eigenvalue weighted by molar-refractivity contribution is 0.236. The first-order valence-corrected chi connectivity index (χ1v) is 8.85. The van der Waals surface area contributed by atoms with E-state index in [-0.39, 0.29) is 0 Å². The van der Waals surface area contributed by atoms with Gasteiger partial charge in [-0.1, -0.05) is 60.7 Å². The minimum atomic E-state index is -0.938. The maximum atomic E-state index is 9.62. The zero-order chi connectivity index (χ0) is 20.5. The monoisotopic (exact) mass is 380 g/mol. The van der Waals surface area contributed by atoms with E-state index >= 15 is 0 Å². The Kier molecular flexibility index (Phi) is 4.34. The second kappa shape index (κ2) is 6.98. The number of fused-ring (bicyclic) bond motifs is 2. The molecular weight excluding hydrogens is 364 g/mol. The van der Waals surface area contributed by atoms with E-state index in [1.54, 1.807) is 5.32 Å². The molecule has 29 heavy (non-hydrogen) atoms. The molecule has 0 spiro atoms. The summed E-state index contributed by atoms with van der Waals surface area (Å²) in [5, 5.41) is 20.8. The van der Waals surface area contributed by atoms with E-state index in [1.807, 2.05) is 6.07 Å². The molecule has 0 atom stereocenters. The first-order chi connectivity index (χ1) is 14.0. The number of urea groups is 2. The molecule has 5 N–H and O–H groups in total. The summed E-state index contributed by atoms with van der Waals surface area (Å²) in [5.74, 6) is 0. The minimum Gasteiger partial charge on any atom is -0.351 e. The largest absolute Gasteiger partial charge is 0.351 e. The van der Waals surface area contributed by atoms with Gasteiger partial charge in [0.25, 0.3) is 0 Å². The number of nitriles is 1. The fraction of sp³-hybridized carbons (Fsp3) is 0. The number of amides is 4. The summed E-state index contributed by atoms with van der Waals surface area (Å²) in [6.07, 6.45) is 0. The third kappa shape index (κ3) is 3.01. The molecule has 0 saturated carbocycles. The van der Waals surface area contributed by atoms with E-state index in [1.165, 1.54) is 37.7 Å². The van der Waals surface area contributed by atoms with Crippen LogP contribution >= 0.6 is 0 Å². The Bertz CT molecular complexity index is 1390. The molecule has 0 radical (unpaired) electrons. The number of carbonyl (C=O) groups is 2. The lowest BCUT2D eigenvalue weighted by Crippen LogP contribution is -2.38. The Hall–Kier alpha value is -4.37. The zero-order valence-corrected chi connectivity index (χ0v) is 15.3. The molecule has 5 rings (SSSR count). The normalized spacial score (nSPS) is 10.6. The number of nitrogens with zero attached hydrogens (tertiary/aromatic N) is 1. The average molecular weight is 380 g/mol. The molecule has 140 valence electrons. The van der Waals surface area contributed by atoms with E-state index in [9.17, 15) is 14.9 Å². The standard InChI is InChI=1S/C21H11N.C2H5N3O2/c22-12-14-10-11-19-17-8-2-5-13-4-1-7-16(20(13)17)18-9-3-6-15(14)21(18)19;3-1(6)5-2(4)7/h1-11H;(H5,3,4,5,6,7). The van der Waals surface area contributed by atoms with Gasteiger partial charge in [-0.3, -0.25) is 5.32 Å². The predicted octanol–water partition coefficient (Wildman–Crippen LogP) is 4.34. The molecule has 0 heterocycles. The van der Waals surface area contributed by atoms with Gasteiger partial charge < -0.3 is 11.5 Å². The van der Waals surface area contributed by atoms with E-state index in [4.69, 9.17) is 0 Å². The maximum absolute atomic E-state index is 9.62. The quantitative estimate of drug-likeness (QED) is 0.273. The molecule has 6 nitrogen and oxygen atoms in total. The van der Waals surface area contributed by atoms with Crippen molar-refractivity contribution in [2.75, 3.05) is 0 Å². The van der Waals surface area contributed by atoms with Crippen molar-refractivity contribution < 1.29 is 9.59 Å². The molecular formula is C23H16N4O2. The smallest absolute Gasteiger partial charge is 0.320 e. The van der Waals surface area contributed by atoms with Gasteiger partial charge in [-0.05, 0) is 43.8 Å². The van der Waals surface area contributed by atoms with Crippen LogP contribution < -0.4 is 16.8 Å². The van der Waals surface area contributed by atoms with Crippen LogP contribution in [0, 0.1) is 11.3 Å². The molecule has 5 aromatic carbocycles. The summed E-state index contributed by atoms with van der Waals surface area (Å²) in [6, 6.07) is 23.7. The Balaban J connectivity index is 0.000000255. The molecule has 0 saturated heterocycles. The van der Waals surface area contributed by atoms with Crippen molar-refractivity contribution in [2.45, 2.75) is 0 Å². The molecule has 0 fully saturated rings. The molecule has 0 unspecified atom stereocenters. The first kappa shape index (κ1) is 18.0. The highest BCUT2D eigenvalue weighted by Gasteiger charge is 2.13. The van der Waals surface area contributed by atoms with Crippen molar-refractivity contribution in [3.8, 4) is 6.07 Å². The van der Waals surface area contributed by atoms with Crippen LogP contribution in [-0.4, -0.2) is 12.1 Å². The average Bonchev–Trinajstić information content (AvgIpc) is 2.71. The summed E-state index contributed by atoms with van der Waals surface area (Å²) < 4.78 is 0. The van der Waals surface area contributed by atoms with Crippen LogP contribution in [0.5, 0.6) is 0 Å². The molecule has 4 amide bonds. The molecule has 6 heteroatoms. The highest BCUT2D eigenvalue weighted by molar-refractivity contribution is 6.33. The van der Waals surface area contributed by atoms with E-state index in [2.05, 4.69) is 78.2 Å². The topological polar surface area (TPSA) is 122 Å². The van der Waals surface area contributed by atoms with Gasteiger partial charge in [0.15, 0.2) is 0 Å². The van der Waals surface area contributed by atoms with Crippen LogP contribution in [0.2, 0.25) is 0 Å². The van der Waals surface area contributed by atoms with Crippen LogP contribution in [0.25, 0.3) is 43.1 Å². The number of imide groups is 1. The number of nitrogens with two attached hydrogens (primary N) is 2. The second-order valence-corrected chi connectivity index (χ2v) is 6.56. The SMILES string of the molecule is N#Cc1ccc2c3cccc4cccc(c5cccc1c52)c43.NC(=O)NC(N)=O. The Morgan fingerprint density at radius 3 is 1.69 bits per heavy atom. The van der Waals surface area contributed by atoms with Crippen molar-refractivity contribution in [1.82, 2.24) is 5.32 Å². The van der Waals surface area contributed by atoms with Gasteiger partial charge in [0, 0.05) is 5.39 Å². The number of benzene rings is 5. The van der Waals surface area contributed by atoms with Crippen molar-refractivity contribution in [2.24, 2.45) is 11.5 Å². The summed E-state index contributed by atoms with van der Waals surface area (Å²) in [5.41, 5.74) is 9.63.